The number of fused-ring (bicyclic) bond motifs is 4. The molecule has 0 radical (unpaired) electrons. The number of carbonyl (C=O) groups is 1. The molecule has 0 aromatic heterocycles. The quantitative estimate of drug-likeness (QED) is 0.452. The number of ketones is 1. The van der Waals surface area contributed by atoms with Crippen molar-refractivity contribution in [2.24, 2.45) is 40.4 Å². The highest BCUT2D eigenvalue weighted by Gasteiger charge is 2.61. The van der Waals surface area contributed by atoms with E-state index < -0.39 is 18.3 Å². The zero-order chi connectivity index (χ0) is 24.3. The van der Waals surface area contributed by atoms with E-state index in [0.717, 1.165) is 48.8 Å². The van der Waals surface area contributed by atoms with Crippen LogP contribution in [0.15, 0.2) is 23.3 Å². The topological polar surface area (TPSA) is 98.0 Å². The second-order valence-electron chi connectivity index (χ2n) is 12.3. The van der Waals surface area contributed by atoms with Crippen molar-refractivity contribution >= 4 is 5.78 Å². The van der Waals surface area contributed by atoms with Gasteiger partial charge in [-0.1, -0.05) is 45.4 Å². The molecule has 4 N–H and O–H groups in total. The van der Waals surface area contributed by atoms with Gasteiger partial charge >= 0.3 is 0 Å². The summed E-state index contributed by atoms with van der Waals surface area (Å²) in [4.78, 5) is 13.5. The first-order chi connectivity index (χ1) is 15.5. The Balaban J connectivity index is 1.62. The maximum absolute atomic E-state index is 13.5. The number of hydrogen-bond acceptors (Lipinski definition) is 5. The van der Waals surface area contributed by atoms with Crippen LogP contribution >= 0.6 is 0 Å². The Morgan fingerprint density at radius 1 is 1.09 bits per heavy atom. The van der Waals surface area contributed by atoms with Gasteiger partial charge in [-0.15, -0.1) is 0 Å². The van der Waals surface area contributed by atoms with Crippen LogP contribution in [0.2, 0.25) is 0 Å². The van der Waals surface area contributed by atoms with Crippen LogP contribution in [0.5, 0.6) is 0 Å². The molecule has 4 aliphatic carbocycles. The number of allylic oxidation sites excluding steroid dienone is 1. The zero-order valence-electron chi connectivity index (χ0n) is 20.9. The molecule has 186 valence electrons. The molecule has 5 nitrogen and oxygen atoms in total. The van der Waals surface area contributed by atoms with E-state index in [1.54, 1.807) is 0 Å². The highest BCUT2D eigenvalue weighted by atomic mass is 16.3. The SMILES string of the molecule is C=C(CC[C@@H](C)[C@H]1CC(=O)C2=C3C[C@H](O)[C@H]4[C@@H](O)[C@@H](O)CC[C@]4(C)[C@H]3CC[C@@]21C)[C@H](C)CO. The third kappa shape index (κ3) is 3.87. The highest BCUT2D eigenvalue weighted by Crippen LogP contribution is 2.65. The largest absolute Gasteiger partial charge is 0.396 e. The van der Waals surface area contributed by atoms with E-state index >= 15 is 0 Å². The summed E-state index contributed by atoms with van der Waals surface area (Å²) in [5, 5.41) is 41.6. The Kier molecular flexibility index (Phi) is 6.76. The van der Waals surface area contributed by atoms with E-state index in [1.165, 1.54) is 0 Å². The van der Waals surface area contributed by atoms with Gasteiger partial charge < -0.3 is 20.4 Å². The number of carbonyl (C=O) groups excluding carboxylic acids is 1. The summed E-state index contributed by atoms with van der Waals surface area (Å²) in [5.41, 5.74) is 2.76. The van der Waals surface area contributed by atoms with E-state index in [-0.39, 0.29) is 46.9 Å². The van der Waals surface area contributed by atoms with Crippen LogP contribution in [0.3, 0.4) is 0 Å². The molecule has 4 aliphatic rings. The van der Waals surface area contributed by atoms with E-state index in [9.17, 15) is 25.2 Å². The van der Waals surface area contributed by atoms with E-state index in [4.69, 9.17) is 0 Å². The Bertz CT molecular complexity index is 832. The molecule has 10 atom stereocenters. The van der Waals surface area contributed by atoms with Gasteiger partial charge in [0.05, 0.1) is 18.3 Å². The van der Waals surface area contributed by atoms with Crippen molar-refractivity contribution in [3.05, 3.63) is 23.3 Å². The smallest absolute Gasteiger partial charge is 0.159 e. The standard InChI is InChI=1S/C28H44O5/c1-15(17(3)14-29)6-7-16(2)20-13-23(32)24-18-12-22(31)25-26(33)21(30)9-11-27(25,4)19(18)8-10-28(20,24)5/h16-17,19-22,25-26,29-31,33H,1,6-14H2,2-5H3/t16-,17-,19+,20-,21+,22+,25+,26+,27-,28-/m1/s1. The molecule has 0 aliphatic heterocycles. The summed E-state index contributed by atoms with van der Waals surface area (Å²) in [7, 11) is 0. The fourth-order valence-corrected chi connectivity index (χ4v) is 8.32. The summed E-state index contributed by atoms with van der Waals surface area (Å²) in [6, 6.07) is 0. The maximum Gasteiger partial charge on any atom is 0.159 e. The minimum Gasteiger partial charge on any atom is -0.396 e. The molecule has 0 heterocycles. The van der Waals surface area contributed by atoms with E-state index in [2.05, 4.69) is 27.4 Å². The normalized spacial score (nSPS) is 44.7. The molecule has 33 heavy (non-hydrogen) atoms. The molecule has 0 aromatic rings. The lowest BCUT2D eigenvalue weighted by Crippen LogP contribution is -2.59. The van der Waals surface area contributed by atoms with Crippen molar-refractivity contribution in [2.75, 3.05) is 6.61 Å². The highest BCUT2D eigenvalue weighted by molar-refractivity contribution is 6.00. The molecular formula is C28H44O5. The number of Topliss-reactive ketones (excluding diaryl/α,β-unsaturated/α-hetero) is 1. The third-order valence-electron chi connectivity index (χ3n) is 10.5. The Hall–Kier alpha value is -1.01. The number of rotatable bonds is 6. The van der Waals surface area contributed by atoms with Crippen LogP contribution in [-0.2, 0) is 4.79 Å². The summed E-state index contributed by atoms with van der Waals surface area (Å²) >= 11 is 0. The van der Waals surface area contributed by atoms with Crippen molar-refractivity contribution in [3.63, 3.8) is 0 Å². The minimum absolute atomic E-state index is 0.105. The number of hydrogen-bond donors (Lipinski definition) is 4. The molecule has 3 fully saturated rings. The van der Waals surface area contributed by atoms with Crippen molar-refractivity contribution in [3.8, 4) is 0 Å². The van der Waals surface area contributed by atoms with Gasteiger partial charge in [-0.3, -0.25) is 4.79 Å². The van der Waals surface area contributed by atoms with Gasteiger partial charge in [-0.25, -0.2) is 0 Å². The van der Waals surface area contributed by atoms with Crippen LogP contribution in [0.4, 0.5) is 0 Å². The molecule has 5 heteroatoms. The zero-order valence-corrected chi connectivity index (χ0v) is 20.9. The van der Waals surface area contributed by atoms with Gasteiger partial charge in [0.15, 0.2) is 5.78 Å². The Morgan fingerprint density at radius 2 is 1.79 bits per heavy atom. The summed E-state index contributed by atoms with van der Waals surface area (Å²) < 4.78 is 0. The first kappa shape index (κ1) is 25.1. The Labute approximate surface area is 199 Å². The second kappa shape index (κ2) is 8.89. The monoisotopic (exact) mass is 460 g/mol. The molecule has 0 bridgehead atoms. The van der Waals surface area contributed by atoms with Crippen molar-refractivity contribution < 1.29 is 25.2 Å². The van der Waals surface area contributed by atoms with Crippen molar-refractivity contribution in [1.29, 1.82) is 0 Å². The van der Waals surface area contributed by atoms with Gasteiger partial charge in [0, 0.05) is 24.5 Å². The maximum atomic E-state index is 13.5. The van der Waals surface area contributed by atoms with E-state index in [0.29, 0.717) is 25.2 Å². The fraction of sp³-hybridized carbons (Fsp3) is 0.821. The molecule has 3 saturated carbocycles. The first-order valence-corrected chi connectivity index (χ1v) is 13.0. The molecular weight excluding hydrogens is 416 g/mol. The molecule has 0 amide bonds. The van der Waals surface area contributed by atoms with E-state index in [1.807, 2.05) is 6.92 Å². The molecule has 0 spiro atoms. The number of aliphatic hydroxyl groups excluding tert-OH is 4. The summed E-state index contributed by atoms with van der Waals surface area (Å²) in [5.74, 6) is 0.868. The molecule has 4 rings (SSSR count). The molecule has 0 unspecified atom stereocenters. The lowest BCUT2D eigenvalue weighted by molar-refractivity contribution is -0.166. The van der Waals surface area contributed by atoms with Crippen molar-refractivity contribution in [1.82, 2.24) is 0 Å². The average Bonchev–Trinajstić information content (AvgIpc) is 3.04. The van der Waals surface area contributed by atoms with Gasteiger partial charge in [0.1, 0.15) is 0 Å². The van der Waals surface area contributed by atoms with Gasteiger partial charge in [-0.2, -0.15) is 0 Å². The summed E-state index contributed by atoms with van der Waals surface area (Å²) in [6.45, 7) is 13.0. The van der Waals surface area contributed by atoms with Gasteiger partial charge in [-0.05, 0) is 79.4 Å². The molecule has 0 saturated heterocycles. The van der Waals surface area contributed by atoms with Crippen LogP contribution in [0.25, 0.3) is 0 Å². The molecule has 0 aromatic carbocycles. The Morgan fingerprint density at radius 3 is 2.45 bits per heavy atom. The van der Waals surface area contributed by atoms with Gasteiger partial charge in [0.2, 0.25) is 0 Å². The first-order valence-electron chi connectivity index (χ1n) is 13.0. The second-order valence-corrected chi connectivity index (χ2v) is 12.3. The van der Waals surface area contributed by atoms with Crippen LogP contribution in [-0.4, -0.2) is 51.1 Å². The number of aliphatic hydroxyl groups is 4. The lowest BCUT2D eigenvalue weighted by Gasteiger charge is -2.59. The minimum atomic E-state index is -0.903. The van der Waals surface area contributed by atoms with Crippen LogP contribution in [0, 0.1) is 40.4 Å². The van der Waals surface area contributed by atoms with Crippen LogP contribution in [0.1, 0.15) is 79.1 Å². The average molecular weight is 461 g/mol. The van der Waals surface area contributed by atoms with Crippen molar-refractivity contribution in [2.45, 2.75) is 97.4 Å². The summed E-state index contributed by atoms with van der Waals surface area (Å²) in [6.07, 6.45) is 3.69. The van der Waals surface area contributed by atoms with Crippen LogP contribution < -0.4 is 0 Å². The third-order valence-corrected chi connectivity index (χ3v) is 10.5. The fourth-order valence-electron chi connectivity index (χ4n) is 8.32. The lowest BCUT2D eigenvalue weighted by atomic mass is 9.47. The predicted molar refractivity (Wildman–Crippen MR) is 128 cm³/mol. The predicted octanol–water partition coefficient (Wildman–Crippen LogP) is 3.79. The van der Waals surface area contributed by atoms with Gasteiger partial charge in [0.25, 0.3) is 0 Å².